The van der Waals surface area contributed by atoms with Gasteiger partial charge in [0.1, 0.15) is 12.7 Å². The number of carbonyl (C=O) groups is 5. The summed E-state index contributed by atoms with van der Waals surface area (Å²) in [6.45, 7) is 3.27. The third-order valence-electron chi connectivity index (χ3n) is 3.73. The standard InChI is InChI=1S/C15H20N2O9/c1-7(18)23-6-10-12(24-8(2)19)13(25-9(3)20)14(26-10)17-5-4-11(21)16-15(17)22/h10,12-14H,4-6H2,1-3H3,(H,16,21,22)/t10-,12+,13-,14-/m0/s1. The summed E-state index contributed by atoms with van der Waals surface area (Å²) in [5.74, 6) is -2.37. The molecule has 2 aliphatic heterocycles. The predicted octanol–water partition coefficient (Wildman–Crippen LogP) is -0.920. The Bertz CT molecular complexity index is 620. The Morgan fingerprint density at radius 2 is 1.69 bits per heavy atom. The van der Waals surface area contributed by atoms with E-state index in [4.69, 9.17) is 18.9 Å². The Hall–Kier alpha value is -2.69. The molecule has 2 rings (SSSR count). The number of esters is 3. The van der Waals surface area contributed by atoms with E-state index in [1.165, 1.54) is 11.8 Å². The van der Waals surface area contributed by atoms with Crippen molar-refractivity contribution >= 4 is 29.8 Å². The van der Waals surface area contributed by atoms with Gasteiger partial charge in [-0.1, -0.05) is 0 Å². The van der Waals surface area contributed by atoms with E-state index in [-0.39, 0.29) is 19.6 Å². The molecule has 26 heavy (non-hydrogen) atoms. The van der Waals surface area contributed by atoms with Crippen molar-refractivity contribution < 1.29 is 42.9 Å². The molecule has 4 atom stereocenters. The first-order valence-electron chi connectivity index (χ1n) is 7.92. The highest BCUT2D eigenvalue weighted by Crippen LogP contribution is 2.30. The van der Waals surface area contributed by atoms with E-state index in [1.807, 2.05) is 0 Å². The summed E-state index contributed by atoms with van der Waals surface area (Å²) in [5.41, 5.74) is 0. The van der Waals surface area contributed by atoms with Gasteiger partial charge in [-0.2, -0.15) is 0 Å². The summed E-state index contributed by atoms with van der Waals surface area (Å²) < 4.78 is 21.0. The molecule has 3 amide bonds. The number of hydrogen-bond acceptors (Lipinski definition) is 9. The SMILES string of the molecule is CC(=O)OC[C@@H]1O[C@H](N2CCC(=O)NC2=O)[C@@H](OC(C)=O)[C@@H]1OC(C)=O. The van der Waals surface area contributed by atoms with Crippen molar-refractivity contribution in [3.8, 4) is 0 Å². The molecule has 1 N–H and O–H groups in total. The predicted molar refractivity (Wildman–Crippen MR) is 81.3 cm³/mol. The van der Waals surface area contributed by atoms with E-state index in [0.29, 0.717) is 0 Å². The highest BCUT2D eigenvalue weighted by molar-refractivity contribution is 5.96. The average Bonchev–Trinajstić information content (AvgIpc) is 2.82. The molecule has 0 aliphatic carbocycles. The first-order valence-corrected chi connectivity index (χ1v) is 7.92. The van der Waals surface area contributed by atoms with E-state index >= 15 is 0 Å². The van der Waals surface area contributed by atoms with Crippen LogP contribution in [-0.4, -0.2) is 72.4 Å². The Labute approximate surface area is 148 Å². The number of amides is 3. The van der Waals surface area contributed by atoms with Crippen LogP contribution in [0.3, 0.4) is 0 Å². The van der Waals surface area contributed by atoms with E-state index in [1.54, 1.807) is 0 Å². The molecule has 0 aromatic rings. The van der Waals surface area contributed by atoms with Gasteiger partial charge in [0.05, 0.1) is 0 Å². The van der Waals surface area contributed by atoms with Crippen LogP contribution in [0.25, 0.3) is 0 Å². The van der Waals surface area contributed by atoms with Gasteiger partial charge in [0.2, 0.25) is 5.91 Å². The van der Waals surface area contributed by atoms with Crippen molar-refractivity contribution in [3.05, 3.63) is 0 Å². The molecule has 2 aliphatic rings. The third kappa shape index (κ3) is 4.69. The van der Waals surface area contributed by atoms with Crippen molar-refractivity contribution in [2.75, 3.05) is 13.2 Å². The zero-order valence-corrected chi connectivity index (χ0v) is 14.6. The molecule has 11 nitrogen and oxygen atoms in total. The van der Waals surface area contributed by atoms with E-state index in [9.17, 15) is 24.0 Å². The highest BCUT2D eigenvalue weighted by atomic mass is 16.7. The molecule has 0 aromatic carbocycles. The zero-order chi connectivity index (χ0) is 19.4. The summed E-state index contributed by atoms with van der Waals surface area (Å²) in [6.07, 6.45) is -4.27. The number of imide groups is 1. The minimum Gasteiger partial charge on any atom is -0.463 e. The van der Waals surface area contributed by atoms with Crippen LogP contribution in [-0.2, 0) is 38.1 Å². The van der Waals surface area contributed by atoms with Crippen LogP contribution in [0.15, 0.2) is 0 Å². The second-order valence-corrected chi connectivity index (χ2v) is 5.81. The van der Waals surface area contributed by atoms with Gasteiger partial charge in [-0.05, 0) is 0 Å². The molecule has 0 bridgehead atoms. The second kappa shape index (κ2) is 8.13. The monoisotopic (exact) mass is 372 g/mol. The fraction of sp³-hybridized carbons (Fsp3) is 0.667. The largest absolute Gasteiger partial charge is 0.463 e. The third-order valence-corrected chi connectivity index (χ3v) is 3.73. The molecule has 0 aromatic heterocycles. The molecule has 0 spiro atoms. The summed E-state index contributed by atoms with van der Waals surface area (Å²) in [7, 11) is 0. The van der Waals surface area contributed by atoms with E-state index in [2.05, 4.69) is 5.32 Å². The van der Waals surface area contributed by atoms with Gasteiger partial charge in [0.25, 0.3) is 0 Å². The van der Waals surface area contributed by atoms with Gasteiger partial charge in [-0.3, -0.25) is 29.4 Å². The lowest BCUT2D eigenvalue weighted by Crippen LogP contribution is -2.57. The van der Waals surface area contributed by atoms with Crippen LogP contribution in [0.5, 0.6) is 0 Å². The number of rotatable bonds is 5. The second-order valence-electron chi connectivity index (χ2n) is 5.81. The first-order chi connectivity index (χ1) is 12.2. The van der Waals surface area contributed by atoms with Gasteiger partial charge in [0, 0.05) is 33.7 Å². The molecular weight excluding hydrogens is 352 g/mol. The van der Waals surface area contributed by atoms with Crippen molar-refractivity contribution in [1.29, 1.82) is 0 Å². The lowest BCUT2D eigenvalue weighted by molar-refractivity contribution is -0.167. The molecule has 144 valence electrons. The van der Waals surface area contributed by atoms with Crippen LogP contribution in [0.1, 0.15) is 27.2 Å². The minimum absolute atomic E-state index is 0.0280. The summed E-state index contributed by atoms with van der Waals surface area (Å²) in [5, 5.41) is 2.14. The van der Waals surface area contributed by atoms with Gasteiger partial charge in [0.15, 0.2) is 18.4 Å². The lowest BCUT2D eigenvalue weighted by atomic mass is 10.1. The van der Waals surface area contributed by atoms with E-state index in [0.717, 1.165) is 13.8 Å². The molecule has 11 heteroatoms. The fourth-order valence-corrected chi connectivity index (χ4v) is 2.76. The Morgan fingerprint density at radius 1 is 1.08 bits per heavy atom. The maximum absolute atomic E-state index is 12.1. The van der Waals surface area contributed by atoms with Crippen molar-refractivity contribution in [3.63, 3.8) is 0 Å². The summed E-state index contributed by atoms with van der Waals surface area (Å²) in [4.78, 5) is 58.6. The van der Waals surface area contributed by atoms with Crippen LogP contribution in [0.2, 0.25) is 0 Å². The van der Waals surface area contributed by atoms with Crippen LogP contribution < -0.4 is 5.32 Å². The maximum Gasteiger partial charge on any atom is 0.326 e. The smallest absolute Gasteiger partial charge is 0.326 e. The molecule has 2 saturated heterocycles. The number of nitrogens with one attached hydrogen (secondary N) is 1. The fourth-order valence-electron chi connectivity index (χ4n) is 2.76. The lowest BCUT2D eigenvalue weighted by Gasteiger charge is -2.34. The number of hydrogen-bond donors (Lipinski definition) is 1. The van der Waals surface area contributed by atoms with Gasteiger partial charge in [-0.15, -0.1) is 0 Å². The normalized spacial score (nSPS) is 28.3. The summed E-state index contributed by atoms with van der Waals surface area (Å²) >= 11 is 0. The first kappa shape index (κ1) is 19.6. The topological polar surface area (TPSA) is 138 Å². The quantitative estimate of drug-likeness (QED) is 0.479. The Balaban J connectivity index is 2.27. The number of nitrogens with zero attached hydrogens (tertiary/aromatic N) is 1. The van der Waals surface area contributed by atoms with Crippen LogP contribution >= 0.6 is 0 Å². The number of carbonyl (C=O) groups excluding carboxylic acids is 5. The van der Waals surface area contributed by atoms with Crippen molar-refractivity contribution in [2.24, 2.45) is 0 Å². The van der Waals surface area contributed by atoms with Gasteiger partial charge >= 0.3 is 23.9 Å². The maximum atomic E-state index is 12.1. The molecule has 2 fully saturated rings. The Morgan fingerprint density at radius 3 is 2.23 bits per heavy atom. The van der Waals surface area contributed by atoms with Crippen LogP contribution in [0.4, 0.5) is 4.79 Å². The molecule has 2 heterocycles. The Kier molecular flexibility index (Phi) is 6.14. The highest BCUT2D eigenvalue weighted by Gasteiger charge is 2.53. The van der Waals surface area contributed by atoms with Crippen LogP contribution in [0, 0.1) is 0 Å². The summed E-state index contributed by atoms with van der Waals surface area (Å²) in [6, 6.07) is -0.724. The van der Waals surface area contributed by atoms with E-state index < -0.39 is 54.4 Å². The van der Waals surface area contributed by atoms with Crippen molar-refractivity contribution in [2.45, 2.75) is 51.7 Å². The number of ether oxygens (including phenoxy) is 4. The van der Waals surface area contributed by atoms with Gasteiger partial charge < -0.3 is 18.9 Å². The molecule has 0 unspecified atom stereocenters. The number of urea groups is 1. The average molecular weight is 372 g/mol. The molecule has 0 saturated carbocycles. The molecular formula is C15H20N2O9. The molecule has 0 radical (unpaired) electrons. The minimum atomic E-state index is -1.14. The van der Waals surface area contributed by atoms with Crippen molar-refractivity contribution in [1.82, 2.24) is 10.2 Å². The van der Waals surface area contributed by atoms with Gasteiger partial charge in [-0.25, -0.2) is 4.79 Å². The zero-order valence-electron chi connectivity index (χ0n) is 14.6.